The number of piperidine rings is 1. The number of hydrogen-bond donors (Lipinski definition) is 3. The second-order valence-electron chi connectivity index (χ2n) is 10.7. The third-order valence-electron chi connectivity index (χ3n) is 8.18. The molecule has 1 spiro atoms. The molecule has 2 atom stereocenters. The van der Waals surface area contributed by atoms with Gasteiger partial charge in [0.15, 0.2) is 6.42 Å². The Balaban J connectivity index is 1.51. The number of rotatable bonds is 8. The van der Waals surface area contributed by atoms with Crippen LogP contribution in [-0.4, -0.2) is 63.2 Å². The molecule has 2 amide bonds. The molecule has 4 rings (SSSR count). The first kappa shape index (κ1) is 29.8. The fourth-order valence-corrected chi connectivity index (χ4v) is 6.26. The van der Waals surface area contributed by atoms with Crippen LogP contribution in [0.25, 0.3) is 0 Å². The molecular formula is C28H34Cl2F3N4O2+. The summed E-state index contributed by atoms with van der Waals surface area (Å²) in [6, 6.07) is 13.2. The van der Waals surface area contributed by atoms with Gasteiger partial charge in [-0.1, -0.05) is 53.5 Å². The van der Waals surface area contributed by atoms with Crippen LogP contribution in [0.2, 0.25) is 10.0 Å². The molecule has 0 radical (unpaired) electrons. The highest BCUT2D eigenvalue weighted by Crippen LogP contribution is 2.38. The van der Waals surface area contributed by atoms with Crippen LogP contribution in [-0.2, 0) is 27.1 Å². The molecule has 212 valence electrons. The number of benzene rings is 2. The van der Waals surface area contributed by atoms with Gasteiger partial charge in [0.2, 0.25) is 5.91 Å². The zero-order valence-corrected chi connectivity index (χ0v) is 23.6. The summed E-state index contributed by atoms with van der Waals surface area (Å²) in [7, 11) is 3.20. The number of likely N-dealkylation sites (tertiary alicyclic amines) is 1. The van der Waals surface area contributed by atoms with Gasteiger partial charge in [0.05, 0.1) is 34.6 Å². The van der Waals surface area contributed by atoms with Gasteiger partial charge in [-0.2, -0.15) is 13.2 Å². The van der Waals surface area contributed by atoms with Crippen LogP contribution in [0.1, 0.15) is 42.4 Å². The molecule has 3 N–H and O–H groups in total. The van der Waals surface area contributed by atoms with Crippen LogP contribution in [0.15, 0.2) is 42.5 Å². The van der Waals surface area contributed by atoms with Crippen molar-refractivity contribution in [1.82, 2.24) is 15.5 Å². The summed E-state index contributed by atoms with van der Waals surface area (Å²) < 4.78 is 38.8. The number of carbonyl (C=O) groups is 2. The third kappa shape index (κ3) is 6.77. The van der Waals surface area contributed by atoms with Crippen molar-refractivity contribution in [1.29, 1.82) is 0 Å². The number of fused-ring (bicyclic) bond motifs is 2. The van der Waals surface area contributed by atoms with Crippen LogP contribution in [0, 0.1) is 0 Å². The monoisotopic (exact) mass is 585 g/mol. The number of alkyl halides is 3. The van der Waals surface area contributed by atoms with Gasteiger partial charge in [-0.3, -0.25) is 9.69 Å². The van der Waals surface area contributed by atoms with Crippen LogP contribution < -0.4 is 15.5 Å². The van der Waals surface area contributed by atoms with Crippen LogP contribution >= 0.6 is 23.2 Å². The first-order chi connectivity index (χ1) is 18.4. The SMILES string of the molecule is CN[C@](CCN1CCC2(CC1)NC(=O)Cc1ccccc12)(C[NH+](C)C(=O)CC(F)(F)F)c1ccc(Cl)c(Cl)c1. The number of nitrogens with one attached hydrogen (secondary N) is 3. The van der Waals surface area contributed by atoms with Gasteiger partial charge < -0.3 is 15.5 Å². The maximum absolute atomic E-state index is 12.9. The van der Waals surface area contributed by atoms with Crippen molar-refractivity contribution in [3.05, 3.63) is 69.2 Å². The average molecular weight is 587 g/mol. The summed E-state index contributed by atoms with van der Waals surface area (Å²) in [5.41, 5.74) is 1.78. The van der Waals surface area contributed by atoms with Crippen molar-refractivity contribution >= 4 is 35.0 Å². The van der Waals surface area contributed by atoms with E-state index < -0.39 is 24.0 Å². The predicted molar refractivity (Wildman–Crippen MR) is 145 cm³/mol. The zero-order chi connectivity index (χ0) is 28.4. The average Bonchev–Trinajstić information content (AvgIpc) is 2.88. The number of likely N-dealkylation sites (N-methyl/N-ethyl adjacent to an activating group) is 2. The minimum atomic E-state index is -4.57. The van der Waals surface area contributed by atoms with Gasteiger partial charge in [0, 0.05) is 19.6 Å². The van der Waals surface area contributed by atoms with Gasteiger partial charge in [-0.25, -0.2) is 4.79 Å². The van der Waals surface area contributed by atoms with Gasteiger partial charge >= 0.3 is 12.1 Å². The summed E-state index contributed by atoms with van der Waals surface area (Å²) in [6.45, 7) is 2.21. The largest absolute Gasteiger partial charge is 0.401 e. The molecule has 2 heterocycles. The number of amides is 2. The van der Waals surface area contributed by atoms with E-state index in [1.807, 2.05) is 18.2 Å². The highest BCUT2D eigenvalue weighted by Gasteiger charge is 2.43. The molecule has 1 unspecified atom stereocenters. The normalized spacial score (nSPS) is 19.7. The number of hydrogen-bond acceptors (Lipinski definition) is 4. The van der Waals surface area contributed by atoms with Gasteiger partial charge in [-0.05, 0) is 55.1 Å². The Morgan fingerprint density at radius 1 is 1.13 bits per heavy atom. The molecule has 2 aliphatic rings. The molecule has 0 bridgehead atoms. The van der Waals surface area contributed by atoms with E-state index in [-0.39, 0.29) is 22.9 Å². The van der Waals surface area contributed by atoms with Crippen molar-refractivity contribution in [2.24, 2.45) is 0 Å². The Morgan fingerprint density at radius 2 is 1.82 bits per heavy atom. The minimum Gasteiger partial charge on any atom is -0.346 e. The van der Waals surface area contributed by atoms with E-state index >= 15 is 0 Å². The first-order valence-electron chi connectivity index (χ1n) is 13.0. The topological polar surface area (TPSA) is 65.9 Å². The van der Waals surface area contributed by atoms with E-state index in [1.165, 1.54) is 12.6 Å². The van der Waals surface area contributed by atoms with Gasteiger partial charge in [0.1, 0.15) is 6.54 Å². The van der Waals surface area contributed by atoms with E-state index in [2.05, 4.69) is 21.6 Å². The molecule has 2 aromatic carbocycles. The summed E-state index contributed by atoms with van der Waals surface area (Å²) in [5, 5.41) is 7.26. The third-order valence-corrected chi connectivity index (χ3v) is 8.92. The molecule has 6 nitrogen and oxygen atoms in total. The highest BCUT2D eigenvalue weighted by atomic mass is 35.5. The van der Waals surface area contributed by atoms with Crippen molar-refractivity contribution in [3.63, 3.8) is 0 Å². The Kier molecular flexibility index (Phi) is 8.98. The predicted octanol–water partition coefficient (Wildman–Crippen LogP) is 3.46. The summed E-state index contributed by atoms with van der Waals surface area (Å²) in [4.78, 5) is 27.4. The van der Waals surface area contributed by atoms with E-state index in [4.69, 9.17) is 23.2 Å². The lowest BCUT2D eigenvalue weighted by atomic mass is 9.75. The number of carbonyl (C=O) groups excluding carboxylic acids is 2. The molecule has 1 fully saturated rings. The fourth-order valence-electron chi connectivity index (χ4n) is 5.96. The molecule has 2 aliphatic heterocycles. The Labute approximate surface area is 236 Å². The standard InChI is InChI=1S/C28H33Cl2F3N4O2/c1-34-27(20-7-8-22(29)23(30)16-20,18-36(2)25(39)17-28(31,32)33)11-14-37-12-9-26(10-13-37)21-6-4-3-5-19(21)15-24(38)35-26/h3-8,16,34H,9-15,17-18H2,1-2H3,(H,35,38)/p+1/t27-/m1/s1. The first-order valence-corrected chi connectivity index (χ1v) is 13.8. The van der Waals surface area contributed by atoms with E-state index in [9.17, 15) is 22.8 Å². The van der Waals surface area contributed by atoms with Crippen molar-refractivity contribution in [2.45, 2.75) is 49.4 Å². The summed E-state index contributed by atoms with van der Waals surface area (Å²) in [5.74, 6) is -0.890. The summed E-state index contributed by atoms with van der Waals surface area (Å²) in [6.07, 6.45) is -3.63. The lowest BCUT2D eigenvalue weighted by Gasteiger charge is -2.46. The summed E-state index contributed by atoms with van der Waals surface area (Å²) >= 11 is 12.5. The van der Waals surface area contributed by atoms with E-state index in [1.54, 1.807) is 25.2 Å². The van der Waals surface area contributed by atoms with E-state index in [0.717, 1.165) is 37.1 Å². The molecule has 0 aliphatic carbocycles. The maximum atomic E-state index is 12.9. The van der Waals surface area contributed by atoms with Crippen LogP contribution in [0.4, 0.5) is 13.2 Å². The molecular weight excluding hydrogens is 552 g/mol. The number of nitrogens with zero attached hydrogens (tertiary/aromatic N) is 1. The second kappa shape index (κ2) is 11.7. The quantitative estimate of drug-likeness (QED) is 0.444. The van der Waals surface area contributed by atoms with E-state index in [0.29, 0.717) is 29.4 Å². The molecule has 2 aromatic rings. The molecule has 39 heavy (non-hydrogen) atoms. The Bertz CT molecular complexity index is 1220. The molecule has 0 aromatic heterocycles. The minimum absolute atomic E-state index is 0.0329. The van der Waals surface area contributed by atoms with Crippen molar-refractivity contribution < 1.29 is 27.7 Å². The zero-order valence-electron chi connectivity index (χ0n) is 22.1. The smallest absolute Gasteiger partial charge is 0.346 e. The number of quaternary nitrogens is 1. The van der Waals surface area contributed by atoms with Crippen molar-refractivity contribution in [3.8, 4) is 0 Å². The number of halogens is 5. The molecule has 1 saturated heterocycles. The second-order valence-corrected chi connectivity index (χ2v) is 11.5. The van der Waals surface area contributed by atoms with Crippen molar-refractivity contribution in [2.75, 3.05) is 40.3 Å². The van der Waals surface area contributed by atoms with Gasteiger partial charge in [-0.15, -0.1) is 0 Å². The Hall–Kier alpha value is -2.17. The molecule has 11 heteroatoms. The Morgan fingerprint density at radius 3 is 2.46 bits per heavy atom. The highest BCUT2D eigenvalue weighted by molar-refractivity contribution is 6.42. The lowest BCUT2D eigenvalue weighted by molar-refractivity contribution is -0.805. The lowest BCUT2D eigenvalue weighted by Crippen LogP contribution is -3.14. The van der Waals surface area contributed by atoms with Gasteiger partial charge in [0.25, 0.3) is 0 Å². The molecule has 0 saturated carbocycles. The maximum Gasteiger partial charge on any atom is 0.401 e. The fraction of sp³-hybridized carbons (Fsp3) is 0.500. The van der Waals surface area contributed by atoms with Crippen LogP contribution in [0.5, 0.6) is 0 Å². The van der Waals surface area contributed by atoms with Crippen LogP contribution in [0.3, 0.4) is 0 Å².